The van der Waals surface area contributed by atoms with E-state index < -0.39 is 5.82 Å². The van der Waals surface area contributed by atoms with Crippen LogP contribution < -0.4 is 4.74 Å². The van der Waals surface area contributed by atoms with Gasteiger partial charge in [0.05, 0.1) is 6.54 Å². The lowest BCUT2D eigenvalue weighted by atomic mass is 10.2. The van der Waals surface area contributed by atoms with Crippen LogP contribution in [-0.4, -0.2) is 36.0 Å². The number of ether oxygens (including phenoxy) is 1. The van der Waals surface area contributed by atoms with Crippen molar-refractivity contribution in [1.29, 1.82) is 0 Å². The Balaban J connectivity index is 1.89. The van der Waals surface area contributed by atoms with E-state index in [-0.39, 0.29) is 18.3 Å². The van der Waals surface area contributed by atoms with Crippen molar-refractivity contribution in [2.24, 2.45) is 0 Å². The molecule has 1 heterocycles. The highest BCUT2D eigenvalue weighted by molar-refractivity contribution is 9.10. The average Bonchev–Trinajstić information content (AvgIpc) is 2.48. The predicted octanol–water partition coefficient (Wildman–Crippen LogP) is 3.13. The van der Waals surface area contributed by atoms with Gasteiger partial charge in [0.2, 0.25) is 0 Å². The number of para-hydroxylation sites is 1. The van der Waals surface area contributed by atoms with Crippen molar-refractivity contribution in [2.75, 3.05) is 20.2 Å². The molecule has 0 aliphatic carbocycles. The second-order valence-electron chi connectivity index (χ2n) is 4.37. The number of nitrogens with zero attached hydrogens (tertiary/aromatic N) is 2. The molecule has 0 radical (unpaired) electrons. The Morgan fingerprint density at radius 2 is 2.14 bits per heavy atom. The number of pyridine rings is 1. The average molecular weight is 353 g/mol. The van der Waals surface area contributed by atoms with Gasteiger partial charge in [-0.1, -0.05) is 12.1 Å². The van der Waals surface area contributed by atoms with Crippen LogP contribution in [0.5, 0.6) is 5.75 Å². The van der Waals surface area contributed by atoms with Gasteiger partial charge in [0.1, 0.15) is 11.2 Å². The lowest BCUT2D eigenvalue weighted by Gasteiger charge is -2.17. The molecule has 1 amide bonds. The van der Waals surface area contributed by atoms with Gasteiger partial charge in [-0.3, -0.25) is 4.79 Å². The summed E-state index contributed by atoms with van der Waals surface area (Å²) >= 11 is 3.22. The molecule has 6 heteroatoms. The first-order valence-corrected chi connectivity index (χ1v) is 7.11. The van der Waals surface area contributed by atoms with Crippen molar-refractivity contribution in [1.82, 2.24) is 9.88 Å². The molecule has 0 atom stereocenters. The molecule has 0 N–H and O–H groups in total. The molecule has 21 heavy (non-hydrogen) atoms. The predicted molar refractivity (Wildman–Crippen MR) is 80.8 cm³/mol. The van der Waals surface area contributed by atoms with Crippen LogP contribution >= 0.6 is 15.9 Å². The zero-order chi connectivity index (χ0) is 15.2. The maximum Gasteiger partial charge on any atom is 0.253 e. The lowest BCUT2D eigenvalue weighted by molar-refractivity contribution is 0.0772. The summed E-state index contributed by atoms with van der Waals surface area (Å²) in [4.78, 5) is 17.6. The van der Waals surface area contributed by atoms with E-state index >= 15 is 0 Å². The quantitative estimate of drug-likeness (QED) is 0.776. The summed E-state index contributed by atoms with van der Waals surface area (Å²) in [5.41, 5.74) is 0.533. The highest BCUT2D eigenvalue weighted by Crippen LogP contribution is 2.15. The molecule has 0 spiro atoms. The first kappa shape index (κ1) is 15.4. The fourth-order valence-electron chi connectivity index (χ4n) is 1.71. The summed E-state index contributed by atoms with van der Waals surface area (Å²) in [5.74, 6) is -0.371. The molecule has 1 aromatic carbocycles. The van der Waals surface area contributed by atoms with Crippen LogP contribution in [0, 0.1) is 5.82 Å². The molecule has 2 rings (SSSR count). The van der Waals surface area contributed by atoms with E-state index in [0.29, 0.717) is 16.7 Å². The number of aromatic nitrogens is 1. The van der Waals surface area contributed by atoms with Gasteiger partial charge in [0.25, 0.3) is 5.91 Å². The zero-order valence-corrected chi connectivity index (χ0v) is 13.0. The Kier molecular flexibility index (Phi) is 5.27. The van der Waals surface area contributed by atoms with Crippen molar-refractivity contribution in [2.45, 2.75) is 0 Å². The summed E-state index contributed by atoms with van der Waals surface area (Å²) in [6.07, 6.45) is 1.56. The van der Waals surface area contributed by atoms with Gasteiger partial charge in [-0.05, 0) is 40.2 Å². The van der Waals surface area contributed by atoms with Gasteiger partial charge in [-0.15, -0.1) is 0 Å². The van der Waals surface area contributed by atoms with Gasteiger partial charge in [0.15, 0.2) is 11.6 Å². The molecule has 2 aromatic rings. The minimum absolute atomic E-state index is 0.143. The van der Waals surface area contributed by atoms with Crippen molar-refractivity contribution >= 4 is 21.8 Å². The van der Waals surface area contributed by atoms with E-state index in [1.807, 2.05) is 0 Å². The Hall–Kier alpha value is -1.95. The third-order valence-corrected chi connectivity index (χ3v) is 3.27. The van der Waals surface area contributed by atoms with Crippen LogP contribution in [0.3, 0.4) is 0 Å². The molecule has 1 aromatic heterocycles. The summed E-state index contributed by atoms with van der Waals surface area (Å²) in [6.45, 7) is 0.572. The molecule has 0 fully saturated rings. The topological polar surface area (TPSA) is 42.4 Å². The number of halogens is 2. The smallest absolute Gasteiger partial charge is 0.253 e. The Labute approximate surface area is 130 Å². The van der Waals surface area contributed by atoms with Crippen LogP contribution in [-0.2, 0) is 0 Å². The molecule has 0 aliphatic heterocycles. The van der Waals surface area contributed by atoms with E-state index in [4.69, 9.17) is 4.74 Å². The summed E-state index contributed by atoms with van der Waals surface area (Å²) in [7, 11) is 1.67. The van der Waals surface area contributed by atoms with Crippen molar-refractivity contribution in [3.63, 3.8) is 0 Å². The first-order chi connectivity index (χ1) is 10.1. The second kappa shape index (κ2) is 7.17. The minimum Gasteiger partial charge on any atom is -0.489 e. The van der Waals surface area contributed by atoms with Gasteiger partial charge in [0, 0.05) is 18.8 Å². The van der Waals surface area contributed by atoms with Crippen molar-refractivity contribution < 1.29 is 13.9 Å². The number of likely N-dealkylation sites (N-methyl/N-ethyl adjacent to an activating group) is 1. The third-order valence-electron chi connectivity index (χ3n) is 2.84. The van der Waals surface area contributed by atoms with Gasteiger partial charge < -0.3 is 9.64 Å². The van der Waals surface area contributed by atoms with Gasteiger partial charge >= 0.3 is 0 Å². The van der Waals surface area contributed by atoms with E-state index in [9.17, 15) is 9.18 Å². The SMILES string of the molecule is CN(CCOc1ccccc1F)C(=O)c1ccnc(Br)c1. The minimum atomic E-state index is -0.412. The molecule has 110 valence electrons. The molecule has 0 aliphatic rings. The second-order valence-corrected chi connectivity index (χ2v) is 5.19. The highest BCUT2D eigenvalue weighted by atomic mass is 79.9. The van der Waals surface area contributed by atoms with Crippen LogP contribution in [0.2, 0.25) is 0 Å². The van der Waals surface area contributed by atoms with Crippen molar-refractivity contribution in [3.05, 3.63) is 58.6 Å². The normalized spacial score (nSPS) is 10.2. The molecule has 0 saturated carbocycles. The number of carbonyl (C=O) groups excluding carboxylic acids is 1. The molecular formula is C15H14BrFN2O2. The number of hydrogen-bond acceptors (Lipinski definition) is 3. The molecule has 0 saturated heterocycles. The number of carbonyl (C=O) groups is 1. The number of hydrogen-bond donors (Lipinski definition) is 0. The molecule has 0 unspecified atom stereocenters. The largest absolute Gasteiger partial charge is 0.489 e. The summed E-state index contributed by atoms with van der Waals surface area (Å²) in [5, 5.41) is 0. The fraction of sp³-hybridized carbons (Fsp3) is 0.200. The molecule has 0 bridgehead atoms. The van der Waals surface area contributed by atoms with Gasteiger partial charge in [-0.25, -0.2) is 9.37 Å². The van der Waals surface area contributed by atoms with Crippen LogP contribution in [0.4, 0.5) is 4.39 Å². The third kappa shape index (κ3) is 4.26. The highest BCUT2D eigenvalue weighted by Gasteiger charge is 2.12. The van der Waals surface area contributed by atoms with E-state index in [2.05, 4.69) is 20.9 Å². The zero-order valence-electron chi connectivity index (χ0n) is 11.4. The molecular weight excluding hydrogens is 339 g/mol. The first-order valence-electron chi connectivity index (χ1n) is 6.32. The van der Waals surface area contributed by atoms with Crippen LogP contribution in [0.1, 0.15) is 10.4 Å². The van der Waals surface area contributed by atoms with Crippen molar-refractivity contribution in [3.8, 4) is 5.75 Å². The van der Waals surface area contributed by atoms with Gasteiger partial charge in [-0.2, -0.15) is 0 Å². The van der Waals surface area contributed by atoms with E-state index in [1.54, 1.807) is 43.6 Å². The lowest BCUT2D eigenvalue weighted by Crippen LogP contribution is -2.31. The number of rotatable bonds is 5. The van der Waals surface area contributed by atoms with E-state index in [1.165, 1.54) is 11.0 Å². The van der Waals surface area contributed by atoms with Crippen LogP contribution in [0.15, 0.2) is 47.2 Å². The Bertz CT molecular complexity index is 637. The van der Waals surface area contributed by atoms with E-state index in [0.717, 1.165) is 0 Å². The van der Waals surface area contributed by atoms with Crippen LogP contribution in [0.25, 0.3) is 0 Å². The molecule has 4 nitrogen and oxygen atoms in total. The Morgan fingerprint density at radius 1 is 1.38 bits per heavy atom. The Morgan fingerprint density at radius 3 is 2.86 bits per heavy atom. The summed E-state index contributed by atoms with van der Waals surface area (Å²) < 4.78 is 19.3. The number of benzene rings is 1. The number of amides is 1. The maximum atomic E-state index is 13.4. The summed E-state index contributed by atoms with van der Waals surface area (Å²) in [6, 6.07) is 9.47. The monoisotopic (exact) mass is 352 g/mol. The standard InChI is InChI=1S/C15H14BrFN2O2/c1-19(15(20)11-6-7-18-14(16)10-11)8-9-21-13-5-3-2-4-12(13)17/h2-7,10H,8-9H2,1H3. The maximum absolute atomic E-state index is 13.4. The fourth-order valence-corrected chi connectivity index (χ4v) is 2.08.